The number of hydroxylamine groups is 1. The molecule has 0 fully saturated rings. The Kier molecular flexibility index (Phi) is 4.52. The number of rotatable bonds is 5. The van der Waals surface area contributed by atoms with Gasteiger partial charge in [0.05, 0.1) is 7.85 Å². The van der Waals surface area contributed by atoms with Gasteiger partial charge in [0.1, 0.15) is 5.78 Å². The average molecular weight is 211 g/mol. The molecule has 1 N–H and O–H groups in total. The second kappa shape index (κ2) is 4.79. The number of Topliss-reactive ketones (excluding diaryl/α,β-unsaturated/α-hetero) is 1. The Labute approximate surface area is 92.1 Å². The predicted molar refractivity (Wildman–Crippen MR) is 58.1 cm³/mol. The molecule has 0 saturated heterocycles. The molecule has 1 atom stereocenters. The lowest BCUT2D eigenvalue weighted by molar-refractivity contribution is -0.143. The first kappa shape index (κ1) is 14.2. The lowest BCUT2D eigenvalue weighted by Crippen LogP contribution is -2.50. The van der Waals surface area contributed by atoms with Gasteiger partial charge in [0, 0.05) is 16.8 Å². The highest BCUT2D eigenvalue weighted by atomic mass is 16.7. The van der Waals surface area contributed by atoms with Crippen molar-refractivity contribution in [3.63, 3.8) is 0 Å². The lowest BCUT2D eigenvalue weighted by atomic mass is 9.65. The van der Waals surface area contributed by atoms with E-state index in [0.717, 1.165) is 0 Å². The molecule has 5 heteroatoms. The van der Waals surface area contributed by atoms with Crippen LogP contribution in [0.15, 0.2) is 0 Å². The highest BCUT2D eigenvalue weighted by Crippen LogP contribution is 2.30. The summed E-state index contributed by atoms with van der Waals surface area (Å²) < 4.78 is 0. The molecule has 0 aliphatic heterocycles. The van der Waals surface area contributed by atoms with E-state index in [1.807, 2.05) is 20.8 Å². The summed E-state index contributed by atoms with van der Waals surface area (Å²) in [4.78, 5) is 26.3. The monoisotopic (exact) mass is 211 g/mol. The van der Waals surface area contributed by atoms with E-state index in [9.17, 15) is 9.59 Å². The van der Waals surface area contributed by atoms with E-state index in [2.05, 4.69) is 10.3 Å². The Morgan fingerprint density at radius 1 is 1.33 bits per heavy atom. The smallest absolute Gasteiger partial charge is 0.312 e. The van der Waals surface area contributed by atoms with Gasteiger partial charge in [-0.1, -0.05) is 34.6 Å². The first-order chi connectivity index (χ1) is 6.64. The molecule has 4 nitrogen and oxygen atoms in total. The second-order valence-corrected chi connectivity index (χ2v) is 5.11. The van der Waals surface area contributed by atoms with Crippen molar-refractivity contribution in [2.24, 2.45) is 10.8 Å². The summed E-state index contributed by atoms with van der Waals surface area (Å²) in [6.45, 7) is 9.13. The minimum Gasteiger partial charge on any atom is -0.374 e. The van der Waals surface area contributed by atoms with Crippen molar-refractivity contribution in [2.75, 3.05) is 0 Å². The molecule has 0 amide bonds. The van der Waals surface area contributed by atoms with Gasteiger partial charge < -0.3 is 4.84 Å². The van der Waals surface area contributed by atoms with Crippen molar-refractivity contribution in [3.05, 3.63) is 0 Å². The number of nitrogens with one attached hydrogen (secondary N) is 1. The van der Waals surface area contributed by atoms with Gasteiger partial charge in [-0.3, -0.25) is 9.59 Å². The van der Waals surface area contributed by atoms with E-state index < -0.39 is 16.8 Å². The normalized spacial score (nSPS) is 14.5. The summed E-state index contributed by atoms with van der Waals surface area (Å²) in [5.74, 6) is -0.723. The number of carbonyl (C=O) groups is 2. The van der Waals surface area contributed by atoms with Crippen molar-refractivity contribution >= 4 is 20.1 Å². The van der Waals surface area contributed by atoms with Crippen LogP contribution < -0.4 is 5.48 Å². The molecule has 0 aromatic carbocycles. The van der Waals surface area contributed by atoms with E-state index in [1.165, 1.54) is 0 Å². The van der Waals surface area contributed by atoms with Crippen LogP contribution in [-0.2, 0) is 14.4 Å². The molecule has 0 rings (SSSR count). The molecular formula is C10H18BNO3. The molecule has 0 aliphatic rings. The van der Waals surface area contributed by atoms with E-state index in [-0.39, 0.29) is 12.3 Å². The fourth-order valence-corrected chi connectivity index (χ4v) is 1.36. The van der Waals surface area contributed by atoms with Gasteiger partial charge in [-0.15, -0.1) is 0 Å². The summed E-state index contributed by atoms with van der Waals surface area (Å²) in [5, 5.41) is 0. The third kappa shape index (κ3) is 3.66. The summed E-state index contributed by atoms with van der Waals surface area (Å²) in [5.41, 5.74) is 1.03. The molecular weight excluding hydrogens is 193 g/mol. The van der Waals surface area contributed by atoms with Gasteiger partial charge in [0.2, 0.25) is 0 Å². The van der Waals surface area contributed by atoms with Crippen LogP contribution in [0.2, 0.25) is 0 Å². The molecule has 0 aliphatic carbocycles. The van der Waals surface area contributed by atoms with Gasteiger partial charge in [-0.25, -0.2) is 0 Å². The quantitative estimate of drug-likeness (QED) is 0.415. The average Bonchev–Trinajstić information content (AvgIpc) is 2.11. The van der Waals surface area contributed by atoms with E-state index in [1.54, 1.807) is 13.8 Å². The van der Waals surface area contributed by atoms with Crippen LogP contribution in [0.1, 0.15) is 34.6 Å². The number of hydrogen-bond acceptors (Lipinski definition) is 4. The SMILES string of the molecule is [B]C(NOC=O)C(C)(C)C(=O)C(C)(C)C. The number of hydrogen-bond donors (Lipinski definition) is 1. The number of carbonyl (C=O) groups excluding carboxylic acids is 2. The maximum Gasteiger partial charge on any atom is 0.312 e. The van der Waals surface area contributed by atoms with Crippen LogP contribution in [-0.4, -0.2) is 26.0 Å². The topological polar surface area (TPSA) is 55.4 Å². The number of ketones is 1. The summed E-state index contributed by atoms with van der Waals surface area (Å²) in [6, 6.07) is 0. The largest absolute Gasteiger partial charge is 0.374 e. The Bertz CT molecular complexity index is 246. The molecule has 0 bridgehead atoms. The zero-order valence-electron chi connectivity index (χ0n) is 9.96. The van der Waals surface area contributed by atoms with Crippen molar-refractivity contribution in [3.8, 4) is 0 Å². The minimum absolute atomic E-state index is 0.00417. The maximum absolute atomic E-state index is 12.0. The van der Waals surface area contributed by atoms with E-state index >= 15 is 0 Å². The predicted octanol–water partition coefficient (Wildman–Crippen LogP) is 0.800. The van der Waals surface area contributed by atoms with Crippen LogP contribution in [0, 0.1) is 10.8 Å². The molecule has 0 saturated carbocycles. The zero-order chi connectivity index (χ0) is 12.3. The fourth-order valence-electron chi connectivity index (χ4n) is 1.36. The van der Waals surface area contributed by atoms with E-state index in [0.29, 0.717) is 0 Å². The first-order valence-electron chi connectivity index (χ1n) is 4.79. The third-order valence-electron chi connectivity index (χ3n) is 2.29. The lowest BCUT2D eigenvalue weighted by Gasteiger charge is -2.35. The molecule has 0 aromatic heterocycles. The van der Waals surface area contributed by atoms with Gasteiger partial charge in [0.15, 0.2) is 0 Å². The van der Waals surface area contributed by atoms with Gasteiger partial charge in [-0.05, 0) is 0 Å². The summed E-state index contributed by atoms with van der Waals surface area (Å²) >= 11 is 0. The Morgan fingerprint density at radius 2 is 1.80 bits per heavy atom. The Hall–Kier alpha value is -0.835. The maximum atomic E-state index is 12.0. The van der Waals surface area contributed by atoms with E-state index in [4.69, 9.17) is 7.85 Å². The molecule has 15 heavy (non-hydrogen) atoms. The molecule has 2 radical (unpaired) electrons. The Balaban J connectivity index is 4.65. The standard InChI is InChI=1S/C10H18BNO3/c1-9(2,3)7(14)10(4,5)8(11)12-15-6-13/h6,8,12H,1-5H3. The van der Waals surface area contributed by atoms with Crippen molar-refractivity contribution < 1.29 is 14.4 Å². The van der Waals surface area contributed by atoms with Crippen molar-refractivity contribution in [1.82, 2.24) is 5.48 Å². The van der Waals surface area contributed by atoms with Crippen LogP contribution in [0.4, 0.5) is 0 Å². The van der Waals surface area contributed by atoms with Gasteiger partial charge >= 0.3 is 6.47 Å². The zero-order valence-corrected chi connectivity index (χ0v) is 9.96. The first-order valence-corrected chi connectivity index (χ1v) is 4.79. The Morgan fingerprint density at radius 3 is 2.13 bits per heavy atom. The van der Waals surface area contributed by atoms with Crippen molar-refractivity contribution in [2.45, 2.75) is 40.6 Å². The highest BCUT2D eigenvalue weighted by Gasteiger charge is 2.39. The molecule has 0 spiro atoms. The van der Waals surface area contributed by atoms with Crippen molar-refractivity contribution in [1.29, 1.82) is 0 Å². The second-order valence-electron chi connectivity index (χ2n) is 5.11. The van der Waals surface area contributed by atoms with Crippen LogP contribution in [0.3, 0.4) is 0 Å². The van der Waals surface area contributed by atoms with Crippen LogP contribution >= 0.6 is 0 Å². The molecule has 1 unspecified atom stereocenters. The summed E-state index contributed by atoms with van der Waals surface area (Å²) in [7, 11) is 5.72. The summed E-state index contributed by atoms with van der Waals surface area (Å²) in [6.07, 6.45) is 0. The molecule has 0 aromatic rings. The highest BCUT2D eigenvalue weighted by molar-refractivity contribution is 6.15. The van der Waals surface area contributed by atoms with Gasteiger partial charge in [-0.2, -0.15) is 5.48 Å². The fraction of sp³-hybridized carbons (Fsp3) is 0.800. The van der Waals surface area contributed by atoms with Gasteiger partial charge in [0.25, 0.3) is 0 Å². The van der Waals surface area contributed by atoms with Crippen LogP contribution in [0.25, 0.3) is 0 Å². The molecule has 84 valence electrons. The van der Waals surface area contributed by atoms with Crippen LogP contribution in [0.5, 0.6) is 0 Å². The minimum atomic E-state index is -0.804. The third-order valence-corrected chi connectivity index (χ3v) is 2.29. The molecule has 0 heterocycles.